The molecule has 0 radical (unpaired) electrons. The minimum Gasteiger partial charge on any atom is -0.368 e. The number of ether oxygens (including phenoxy) is 1. The molecule has 2 aliphatic rings. The molecule has 0 N–H and O–H groups in total. The standard InChI is InChI=1S/C20H22ClN3O4S/c21-15-3-5-16(6-4-15)29(26,27)20(7-1-2-8-20)19(25)24-11-12-28-18(14-24)17-13-22-9-10-23-17/h3-6,9-10,13,18H,1-2,7-8,11-12,14H2/t18-/m0/s1. The molecule has 1 amide bonds. The summed E-state index contributed by atoms with van der Waals surface area (Å²) in [5, 5.41) is 0.454. The molecule has 1 saturated carbocycles. The van der Waals surface area contributed by atoms with E-state index in [2.05, 4.69) is 9.97 Å². The summed E-state index contributed by atoms with van der Waals surface area (Å²) in [4.78, 5) is 23.7. The second-order valence-corrected chi connectivity index (χ2v) is 10.1. The van der Waals surface area contributed by atoms with Crippen molar-refractivity contribution in [3.63, 3.8) is 0 Å². The van der Waals surface area contributed by atoms with Crippen LogP contribution in [0, 0.1) is 0 Å². The van der Waals surface area contributed by atoms with Crippen LogP contribution in [0.1, 0.15) is 37.5 Å². The molecule has 0 spiro atoms. The molecule has 2 heterocycles. The van der Waals surface area contributed by atoms with Gasteiger partial charge in [-0.15, -0.1) is 0 Å². The van der Waals surface area contributed by atoms with Gasteiger partial charge in [0.25, 0.3) is 0 Å². The minimum atomic E-state index is -3.87. The van der Waals surface area contributed by atoms with Crippen molar-refractivity contribution in [2.75, 3.05) is 19.7 Å². The number of amides is 1. The molecule has 0 unspecified atom stereocenters. The number of aromatic nitrogens is 2. The maximum atomic E-state index is 13.6. The Kier molecular flexibility index (Phi) is 5.59. The summed E-state index contributed by atoms with van der Waals surface area (Å²) in [5.41, 5.74) is 0.631. The quantitative estimate of drug-likeness (QED) is 0.733. The lowest BCUT2D eigenvalue weighted by atomic mass is 10.0. The Morgan fingerprint density at radius 1 is 1.17 bits per heavy atom. The monoisotopic (exact) mass is 435 g/mol. The van der Waals surface area contributed by atoms with E-state index in [-0.39, 0.29) is 17.3 Å². The maximum Gasteiger partial charge on any atom is 0.244 e. The van der Waals surface area contributed by atoms with Gasteiger partial charge in [0, 0.05) is 24.0 Å². The Morgan fingerprint density at radius 2 is 1.90 bits per heavy atom. The van der Waals surface area contributed by atoms with Crippen LogP contribution >= 0.6 is 11.6 Å². The van der Waals surface area contributed by atoms with Crippen molar-refractivity contribution in [3.8, 4) is 0 Å². The number of halogens is 1. The lowest BCUT2D eigenvalue weighted by molar-refractivity contribution is -0.141. The summed E-state index contributed by atoms with van der Waals surface area (Å²) in [6.07, 6.45) is 6.39. The fourth-order valence-electron chi connectivity index (χ4n) is 4.16. The fraction of sp³-hybridized carbons (Fsp3) is 0.450. The molecule has 154 valence electrons. The molecule has 4 rings (SSSR count). The van der Waals surface area contributed by atoms with Crippen molar-refractivity contribution in [2.45, 2.75) is 41.4 Å². The molecule has 1 aliphatic heterocycles. The van der Waals surface area contributed by atoms with E-state index in [1.165, 1.54) is 12.1 Å². The predicted molar refractivity (Wildman–Crippen MR) is 107 cm³/mol. The largest absolute Gasteiger partial charge is 0.368 e. The third-order valence-corrected chi connectivity index (χ3v) is 8.46. The van der Waals surface area contributed by atoms with Gasteiger partial charge in [-0.2, -0.15) is 0 Å². The Bertz CT molecular complexity index is 977. The Labute approximate surface area is 175 Å². The summed E-state index contributed by atoms with van der Waals surface area (Å²) >= 11 is 5.92. The van der Waals surface area contributed by atoms with Crippen molar-refractivity contribution >= 4 is 27.3 Å². The highest BCUT2D eigenvalue weighted by Gasteiger charge is 2.54. The summed E-state index contributed by atoms with van der Waals surface area (Å²) in [7, 11) is -3.87. The van der Waals surface area contributed by atoms with Crippen LogP contribution in [0.25, 0.3) is 0 Å². The van der Waals surface area contributed by atoms with Crippen molar-refractivity contribution in [1.29, 1.82) is 0 Å². The smallest absolute Gasteiger partial charge is 0.244 e. The number of carbonyl (C=O) groups excluding carboxylic acids is 1. The van der Waals surface area contributed by atoms with Gasteiger partial charge in [0.2, 0.25) is 5.91 Å². The second kappa shape index (κ2) is 8.01. The molecule has 1 aliphatic carbocycles. The fourth-order valence-corrected chi connectivity index (χ4v) is 6.42. The first-order valence-electron chi connectivity index (χ1n) is 9.61. The second-order valence-electron chi connectivity index (χ2n) is 7.40. The molecule has 7 nitrogen and oxygen atoms in total. The zero-order valence-electron chi connectivity index (χ0n) is 15.8. The molecule has 2 fully saturated rings. The lowest BCUT2D eigenvalue weighted by Crippen LogP contribution is -2.55. The minimum absolute atomic E-state index is 0.135. The van der Waals surface area contributed by atoms with E-state index in [0.717, 1.165) is 0 Å². The normalized spacial score (nSPS) is 21.8. The number of hydrogen-bond acceptors (Lipinski definition) is 6. The van der Waals surface area contributed by atoms with Gasteiger partial charge in [-0.1, -0.05) is 24.4 Å². The average molecular weight is 436 g/mol. The average Bonchev–Trinajstić information content (AvgIpc) is 3.26. The summed E-state index contributed by atoms with van der Waals surface area (Å²) < 4.78 is 31.4. The van der Waals surface area contributed by atoms with Crippen LogP contribution in [0.2, 0.25) is 5.02 Å². The molecule has 1 aromatic heterocycles. The third kappa shape index (κ3) is 3.65. The summed E-state index contributed by atoms with van der Waals surface area (Å²) in [6.45, 7) is 0.937. The number of rotatable bonds is 4. The van der Waals surface area contributed by atoms with E-state index >= 15 is 0 Å². The number of carbonyl (C=O) groups is 1. The van der Waals surface area contributed by atoms with Crippen molar-refractivity contribution < 1.29 is 17.9 Å². The van der Waals surface area contributed by atoms with E-state index < -0.39 is 20.7 Å². The molecular weight excluding hydrogens is 414 g/mol. The van der Waals surface area contributed by atoms with Gasteiger partial charge in [-0.3, -0.25) is 14.8 Å². The first-order valence-corrected chi connectivity index (χ1v) is 11.5. The Balaban J connectivity index is 1.64. The number of benzene rings is 1. The highest BCUT2D eigenvalue weighted by Crippen LogP contribution is 2.42. The van der Waals surface area contributed by atoms with Crippen LogP contribution in [0.15, 0.2) is 47.8 Å². The molecular formula is C20H22ClN3O4S. The number of nitrogens with zero attached hydrogens (tertiary/aromatic N) is 3. The van der Waals surface area contributed by atoms with Gasteiger partial charge in [0.15, 0.2) is 14.6 Å². The van der Waals surface area contributed by atoms with E-state index in [0.29, 0.717) is 49.6 Å². The van der Waals surface area contributed by atoms with Gasteiger partial charge in [0.05, 0.1) is 29.9 Å². The summed E-state index contributed by atoms with van der Waals surface area (Å²) in [6, 6.07) is 6.04. The van der Waals surface area contributed by atoms with E-state index in [1.54, 1.807) is 35.6 Å². The van der Waals surface area contributed by atoms with E-state index in [1.807, 2.05) is 0 Å². The molecule has 2 aromatic rings. The van der Waals surface area contributed by atoms with E-state index in [4.69, 9.17) is 16.3 Å². The number of morpholine rings is 1. The molecule has 29 heavy (non-hydrogen) atoms. The Morgan fingerprint density at radius 3 is 2.55 bits per heavy atom. The van der Waals surface area contributed by atoms with Crippen LogP contribution in [-0.4, -0.2) is 53.6 Å². The van der Waals surface area contributed by atoms with Gasteiger partial charge in [-0.25, -0.2) is 8.42 Å². The zero-order chi connectivity index (χ0) is 20.5. The number of sulfone groups is 1. The van der Waals surface area contributed by atoms with Crippen molar-refractivity contribution in [3.05, 3.63) is 53.6 Å². The van der Waals surface area contributed by atoms with Gasteiger partial charge < -0.3 is 9.64 Å². The molecule has 9 heteroatoms. The zero-order valence-corrected chi connectivity index (χ0v) is 17.4. The van der Waals surface area contributed by atoms with Gasteiger partial charge in [-0.05, 0) is 37.1 Å². The highest BCUT2D eigenvalue weighted by atomic mass is 35.5. The number of hydrogen-bond donors (Lipinski definition) is 0. The first-order chi connectivity index (χ1) is 13.9. The van der Waals surface area contributed by atoms with Gasteiger partial charge >= 0.3 is 0 Å². The maximum absolute atomic E-state index is 13.6. The van der Waals surface area contributed by atoms with Crippen LogP contribution in [0.5, 0.6) is 0 Å². The highest BCUT2D eigenvalue weighted by molar-refractivity contribution is 7.93. The topological polar surface area (TPSA) is 89.5 Å². The van der Waals surface area contributed by atoms with Crippen LogP contribution in [-0.2, 0) is 19.4 Å². The molecule has 1 aromatic carbocycles. The van der Waals surface area contributed by atoms with Crippen LogP contribution < -0.4 is 0 Å². The third-order valence-electron chi connectivity index (χ3n) is 5.71. The SMILES string of the molecule is O=C(N1CCO[C@H](c2cnccn2)C1)C1(S(=O)(=O)c2ccc(Cl)cc2)CCCC1. The Hall–Kier alpha value is -2.03. The van der Waals surface area contributed by atoms with Gasteiger partial charge in [0.1, 0.15) is 6.10 Å². The molecule has 0 bridgehead atoms. The predicted octanol–water partition coefficient (Wildman–Crippen LogP) is 2.82. The molecule has 1 saturated heterocycles. The molecule has 1 atom stereocenters. The van der Waals surface area contributed by atoms with Crippen molar-refractivity contribution in [2.24, 2.45) is 0 Å². The van der Waals surface area contributed by atoms with Crippen molar-refractivity contribution in [1.82, 2.24) is 14.9 Å². The van der Waals surface area contributed by atoms with E-state index in [9.17, 15) is 13.2 Å². The van der Waals surface area contributed by atoms with Crippen LogP contribution in [0.4, 0.5) is 0 Å². The lowest BCUT2D eigenvalue weighted by Gasteiger charge is -2.38. The first kappa shape index (κ1) is 20.3. The summed E-state index contributed by atoms with van der Waals surface area (Å²) in [5.74, 6) is -0.345. The van der Waals surface area contributed by atoms with Crippen LogP contribution in [0.3, 0.4) is 0 Å².